The number of nitrogens with zero attached hydrogens (tertiary/aromatic N) is 2. The van der Waals surface area contributed by atoms with E-state index in [2.05, 4.69) is 15.3 Å². The summed E-state index contributed by atoms with van der Waals surface area (Å²) in [6, 6.07) is 6.65. The summed E-state index contributed by atoms with van der Waals surface area (Å²) in [5, 5.41) is 13.4. The summed E-state index contributed by atoms with van der Waals surface area (Å²) in [6.45, 7) is -0.212. The van der Waals surface area contributed by atoms with Gasteiger partial charge in [-0.3, -0.25) is 0 Å². The van der Waals surface area contributed by atoms with Crippen LogP contribution in [0.2, 0.25) is 0 Å². The van der Waals surface area contributed by atoms with Crippen molar-refractivity contribution in [3.63, 3.8) is 0 Å². The fraction of sp³-hybridized carbons (Fsp3) is 0.222. The van der Waals surface area contributed by atoms with Crippen molar-refractivity contribution in [1.82, 2.24) is 9.97 Å². The Bertz CT molecular complexity index is 964. The van der Waals surface area contributed by atoms with E-state index in [1.807, 2.05) is 0 Å². The number of nitrogens with two attached hydrogens (primary N) is 1. The van der Waals surface area contributed by atoms with Crippen molar-refractivity contribution < 1.29 is 23.4 Å². The highest BCUT2D eigenvalue weighted by Gasteiger charge is 2.18. The molecule has 0 saturated heterocycles. The number of aliphatic hydroxyl groups excluding tert-OH is 1. The Hall–Kier alpha value is -3.20. The number of nitrogen functional groups attached to an aromatic ring is 1. The monoisotopic (exact) mass is 376 g/mol. The molecule has 0 bridgehead atoms. The van der Waals surface area contributed by atoms with Crippen molar-refractivity contribution in [3.05, 3.63) is 47.5 Å². The van der Waals surface area contributed by atoms with Crippen LogP contribution in [0, 0.1) is 11.6 Å². The summed E-state index contributed by atoms with van der Waals surface area (Å²) in [6.07, 6.45) is -1.43. The van der Waals surface area contributed by atoms with Crippen LogP contribution in [0.1, 0.15) is 11.7 Å². The van der Waals surface area contributed by atoms with Crippen molar-refractivity contribution in [2.24, 2.45) is 0 Å². The highest BCUT2D eigenvalue weighted by molar-refractivity contribution is 5.91. The van der Waals surface area contributed by atoms with Gasteiger partial charge in [0.2, 0.25) is 5.95 Å². The fourth-order valence-corrected chi connectivity index (χ4v) is 2.68. The van der Waals surface area contributed by atoms with Gasteiger partial charge in [0.25, 0.3) is 0 Å². The lowest BCUT2D eigenvalue weighted by Crippen LogP contribution is -2.17. The number of fused-ring (bicyclic) bond motifs is 1. The second-order valence-electron chi connectivity index (χ2n) is 5.69. The summed E-state index contributed by atoms with van der Waals surface area (Å²) >= 11 is 0. The molecular weight excluding hydrogens is 358 g/mol. The molecule has 0 aliphatic carbocycles. The van der Waals surface area contributed by atoms with E-state index >= 15 is 0 Å². The summed E-state index contributed by atoms with van der Waals surface area (Å²) < 4.78 is 38.0. The molecule has 142 valence electrons. The van der Waals surface area contributed by atoms with Gasteiger partial charge in [0.15, 0.2) is 11.5 Å². The van der Waals surface area contributed by atoms with Crippen molar-refractivity contribution >= 4 is 22.7 Å². The van der Waals surface area contributed by atoms with Crippen LogP contribution in [0.15, 0.2) is 30.3 Å². The van der Waals surface area contributed by atoms with E-state index in [1.54, 1.807) is 12.1 Å². The molecular formula is C18H18F2N4O3. The molecule has 3 rings (SSSR count). The Morgan fingerprint density at radius 2 is 1.74 bits per heavy atom. The number of hydrogen-bond donors (Lipinski definition) is 3. The number of aromatic nitrogens is 2. The lowest BCUT2D eigenvalue weighted by Gasteiger charge is -2.15. The number of halogens is 2. The molecule has 0 amide bonds. The predicted molar refractivity (Wildman–Crippen MR) is 96.9 cm³/mol. The van der Waals surface area contributed by atoms with Gasteiger partial charge in [0.1, 0.15) is 23.6 Å². The van der Waals surface area contributed by atoms with Gasteiger partial charge >= 0.3 is 0 Å². The zero-order valence-corrected chi connectivity index (χ0v) is 14.7. The standard InChI is InChI=1S/C18H18F2N4O3/c1-26-14-6-9-12(7-15(14)27-2)23-18(24-17(9)21)22-8-13(25)16-10(19)4-3-5-11(16)20/h3-7,13,25H,8H2,1-2H3,(H3,21,22,23,24). The Morgan fingerprint density at radius 3 is 2.37 bits per heavy atom. The maximum atomic E-state index is 13.7. The molecule has 1 unspecified atom stereocenters. The second kappa shape index (κ2) is 7.58. The molecule has 1 atom stereocenters. The Labute approximate surface area is 153 Å². The average molecular weight is 376 g/mol. The van der Waals surface area contributed by atoms with E-state index in [0.29, 0.717) is 22.4 Å². The number of hydrogen-bond acceptors (Lipinski definition) is 7. The Balaban J connectivity index is 1.87. The molecule has 0 spiro atoms. The van der Waals surface area contributed by atoms with Crippen LogP contribution in [0.25, 0.3) is 10.9 Å². The van der Waals surface area contributed by atoms with Crippen LogP contribution in [0.3, 0.4) is 0 Å². The lowest BCUT2D eigenvalue weighted by molar-refractivity contribution is 0.181. The third-order valence-electron chi connectivity index (χ3n) is 4.02. The SMILES string of the molecule is COc1cc2nc(NCC(O)c3c(F)cccc3F)nc(N)c2cc1OC. The number of nitrogens with one attached hydrogen (secondary N) is 1. The van der Waals surface area contributed by atoms with Gasteiger partial charge in [-0.1, -0.05) is 6.07 Å². The molecule has 3 aromatic rings. The molecule has 0 saturated carbocycles. The molecule has 7 nitrogen and oxygen atoms in total. The normalized spacial score (nSPS) is 12.0. The van der Waals surface area contributed by atoms with Crippen LogP contribution >= 0.6 is 0 Å². The van der Waals surface area contributed by atoms with Crippen molar-refractivity contribution in [2.45, 2.75) is 6.10 Å². The molecule has 27 heavy (non-hydrogen) atoms. The van der Waals surface area contributed by atoms with E-state index in [4.69, 9.17) is 15.2 Å². The number of aliphatic hydroxyl groups is 1. The number of methoxy groups -OCH3 is 2. The van der Waals surface area contributed by atoms with Crippen molar-refractivity contribution in [3.8, 4) is 11.5 Å². The first-order valence-electron chi connectivity index (χ1n) is 7.99. The van der Waals surface area contributed by atoms with E-state index in [0.717, 1.165) is 12.1 Å². The summed E-state index contributed by atoms with van der Waals surface area (Å²) in [5.41, 5.74) is 6.02. The highest BCUT2D eigenvalue weighted by atomic mass is 19.1. The van der Waals surface area contributed by atoms with Gasteiger partial charge < -0.3 is 25.6 Å². The minimum Gasteiger partial charge on any atom is -0.493 e. The van der Waals surface area contributed by atoms with Crippen molar-refractivity contribution in [2.75, 3.05) is 31.8 Å². The fourth-order valence-electron chi connectivity index (χ4n) is 2.68. The summed E-state index contributed by atoms with van der Waals surface area (Å²) in [7, 11) is 2.99. The molecule has 2 aromatic carbocycles. The molecule has 0 aliphatic heterocycles. The highest BCUT2D eigenvalue weighted by Crippen LogP contribution is 2.33. The van der Waals surface area contributed by atoms with Gasteiger partial charge in [-0.2, -0.15) is 4.98 Å². The molecule has 4 N–H and O–H groups in total. The summed E-state index contributed by atoms with van der Waals surface area (Å²) in [5.74, 6) is -0.452. The summed E-state index contributed by atoms with van der Waals surface area (Å²) in [4.78, 5) is 8.40. The maximum absolute atomic E-state index is 13.7. The predicted octanol–water partition coefficient (Wildman–Crippen LogP) is 2.65. The number of anilines is 2. The lowest BCUT2D eigenvalue weighted by atomic mass is 10.1. The van der Waals surface area contributed by atoms with Gasteiger partial charge in [-0.05, 0) is 18.2 Å². The van der Waals surface area contributed by atoms with E-state index in [9.17, 15) is 13.9 Å². The third kappa shape index (κ3) is 3.68. The molecule has 0 fully saturated rings. The van der Waals surface area contributed by atoms with Crippen LogP contribution in [-0.4, -0.2) is 35.8 Å². The first kappa shape index (κ1) is 18.6. The second-order valence-corrected chi connectivity index (χ2v) is 5.69. The van der Waals surface area contributed by atoms with E-state index in [1.165, 1.54) is 20.3 Å². The van der Waals surface area contributed by atoms with E-state index < -0.39 is 23.3 Å². The van der Waals surface area contributed by atoms with Gasteiger partial charge in [-0.25, -0.2) is 13.8 Å². The van der Waals surface area contributed by atoms with Gasteiger partial charge in [0, 0.05) is 18.0 Å². The van der Waals surface area contributed by atoms with Crippen LogP contribution in [-0.2, 0) is 0 Å². The van der Waals surface area contributed by atoms with Gasteiger partial charge in [0.05, 0.1) is 25.3 Å². The Morgan fingerprint density at radius 1 is 1.11 bits per heavy atom. The zero-order chi connectivity index (χ0) is 19.6. The topological polar surface area (TPSA) is 103 Å². The van der Waals surface area contributed by atoms with Crippen LogP contribution in [0.5, 0.6) is 11.5 Å². The third-order valence-corrected chi connectivity index (χ3v) is 4.02. The number of rotatable bonds is 6. The maximum Gasteiger partial charge on any atom is 0.225 e. The largest absolute Gasteiger partial charge is 0.493 e. The first-order chi connectivity index (χ1) is 12.9. The Kier molecular flexibility index (Phi) is 5.22. The minimum absolute atomic E-state index is 0.100. The minimum atomic E-state index is -1.43. The number of benzene rings is 2. The van der Waals surface area contributed by atoms with Crippen LogP contribution < -0.4 is 20.5 Å². The molecule has 0 radical (unpaired) electrons. The quantitative estimate of drug-likeness (QED) is 0.608. The zero-order valence-electron chi connectivity index (χ0n) is 14.7. The van der Waals surface area contributed by atoms with E-state index in [-0.39, 0.29) is 18.3 Å². The first-order valence-corrected chi connectivity index (χ1v) is 7.99. The molecule has 1 aromatic heterocycles. The average Bonchev–Trinajstić information content (AvgIpc) is 2.65. The van der Waals surface area contributed by atoms with Gasteiger partial charge in [-0.15, -0.1) is 0 Å². The number of ether oxygens (including phenoxy) is 2. The molecule has 0 aliphatic rings. The molecule has 9 heteroatoms. The van der Waals surface area contributed by atoms with Crippen molar-refractivity contribution in [1.29, 1.82) is 0 Å². The molecule has 1 heterocycles. The smallest absolute Gasteiger partial charge is 0.225 e. The van der Waals surface area contributed by atoms with Crippen LogP contribution in [0.4, 0.5) is 20.5 Å².